The van der Waals surface area contributed by atoms with Crippen LogP contribution in [0.3, 0.4) is 0 Å². The van der Waals surface area contributed by atoms with Gasteiger partial charge >= 0.3 is 0 Å². The van der Waals surface area contributed by atoms with Gasteiger partial charge in [-0.2, -0.15) is 5.26 Å². The topological polar surface area (TPSA) is 121 Å². The Balaban J connectivity index is 1.91. The minimum atomic E-state index is -1.75. The molecular formula is C32H29ClF3N7O2. The molecule has 9 nitrogen and oxygen atoms in total. The Labute approximate surface area is 262 Å². The second-order valence-electron chi connectivity index (χ2n) is 11.2. The quantitative estimate of drug-likeness (QED) is 0.171. The summed E-state index contributed by atoms with van der Waals surface area (Å²) in [6, 6.07) is 5.59. The van der Waals surface area contributed by atoms with Gasteiger partial charge in [-0.15, -0.1) is 0 Å². The number of carbonyl (C=O) groups excluding carboxylic acids is 1. The van der Waals surface area contributed by atoms with Crippen LogP contribution < -0.4 is 16.2 Å². The summed E-state index contributed by atoms with van der Waals surface area (Å²) in [7, 11) is 0. The zero-order valence-electron chi connectivity index (χ0n) is 25.0. The fraction of sp³-hybridized carbons (Fsp3) is 0.281. The first-order valence-corrected chi connectivity index (χ1v) is 14.5. The van der Waals surface area contributed by atoms with Crippen molar-refractivity contribution in [3.8, 4) is 23.0 Å². The highest BCUT2D eigenvalue weighted by molar-refractivity contribution is 6.34. The molecule has 0 saturated carbocycles. The van der Waals surface area contributed by atoms with Crippen LogP contribution in [-0.4, -0.2) is 51.0 Å². The molecule has 4 heterocycles. The van der Waals surface area contributed by atoms with Gasteiger partial charge in [-0.3, -0.25) is 19.1 Å². The van der Waals surface area contributed by atoms with Crippen molar-refractivity contribution < 1.29 is 18.0 Å². The Morgan fingerprint density at radius 2 is 1.93 bits per heavy atom. The van der Waals surface area contributed by atoms with Gasteiger partial charge in [0.25, 0.3) is 5.56 Å². The van der Waals surface area contributed by atoms with Gasteiger partial charge in [0, 0.05) is 42.8 Å². The number of carbonyl (C=O) groups is 1. The number of piperazine rings is 1. The first-order chi connectivity index (χ1) is 21.3. The predicted octanol–water partition coefficient (Wildman–Crippen LogP) is 5.63. The van der Waals surface area contributed by atoms with Crippen LogP contribution in [0.15, 0.2) is 41.8 Å². The molecule has 0 radical (unpaired) electrons. The monoisotopic (exact) mass is 635 g/mol. The maximum atomic E-state index is 14.6. The number of benzene rings is 1. The number of nitrogens with two attached hydrogens (primary N) is 1. The molecule has 0 bridgehead atoms. The van der Waals surface area contributed by atoms with Crippen LogP contribution in [0.2, 0.25) is 5.02 Å². The largest absolute Gasteiger partial charge is 0.396 e. The number of amides is 1. The average Bonchev–Trinajstić information content (AvgIpc) is 3.01. The number of halogens is 4. The van der Waals surface area contributed by atoms with E-state index in [9.17, 15) is 28.0 Å². The van der Waals surface area contributed by atoms with E-state index in [0.29, 0.717) is 23.0 Å². The molecule has 3 aromatic heterocycles. The van der Waals surface area contributed by atoms with E-state index in [1.165, 1.54) is 16.7 Å². The van der Waals surface area contributed by atoms with E-state index < -0.39 is 28.7 Å². The maximum absolute atomic E-state index is 14.6. The van der Waals surface area contributed by atoms with E-state index in [2.05, 4.69) is 22.6 Å². The number of nitrogens with zero attached hydrogens (tertiary/aromatic N) is 6. The maximum Gasteiger partial charge on any atom is 0.276 e. The summed E-state index contributed by atoms with van der Waals surface area (Å²) < 4.78 is 44.3. The molecule has 5 rings (SSSR count). The van der Waals surface area contributed by atoms with Crippen LogP contribution in [0.1, 0.15) is 43.5 Å². The summed E-state index contributed by atoms with van der Waals surface area (Å²) >= 11 is 6.70. The van der Waals surface area contributed by atoms with E-state index in [1.807, 2.05) is 25.7 Å². The molecule has 1 aromatic carbocycles. The second kappa shape index (κ2) is 11.9. The van der Waals surface area contributed by atoms with Crippen molar-refractivity contribution in [2.45, 2.75) is 39.7 Å². The van der Waals surface area contributed by atoms with Crippen LogP contribution in [0.5, 0.6) is 0 Å². The molecule has 1 amide bonds. The first kappa shape index (κ1) is 31.5. The van der Waals surface area contributed by atoms with Crippen molar-refractivity contribution >= 4 is 39.9 Å². The van der Waals surface area contributed by atoms with Gasteiger partial charge < -0.3 is 15.5 Å². The lowest BCUT2D eigenvalue weighted by molar-refractivity contribution is -0.128. The van der Waals surface area contributed by atoms with Gasteiger partial charge in [-0.25, -0.2) is 18.2 Å². The standard InChI is InChI=1S/C32H29ClF3N7O2/c1-6-23(44)42-10-9-41(14-17(42)5)30-19-11-21(33)28(18-12-22(34)24(35)25(36)26(18)38)40-31(19)43(32(45)20(30)13-37)29-16(4)7-8-39-27(29)15(2)3/h6-8,11-12,15,17H,1,9-10,14,38H2,2-5H3/t17-/m1/s1. The van der Waals surface area contributed by atoms with E-state index >= 15 is 0 Å². The smallest absolute Gasteiger partial charge is 0.276 e. The zero-order chi connectivity index (χ0) is 32.9. The minimum Gasteiger partial charge on any atom is -0.396 e. The third-order valence-electron chi connectivity index (χ3n) is 7.97. The SMILES string of the molecule is C=CC(=O)N1CCN(c2c(C#N)c(=O)n(-c3c(C)ccnc3C(C)C)c3nc(-c4cc(F)c(F)c(F)c4N)c(Cl)cc23)C[C@H]1C. The molecule has 4 aromatic rings. The lowest BCUT2D eigenvalue weighted by Crippen LogP contribution is -2.54. The molecule has 232 valence electrons. The van der Waals surface area contributed by atoms with Crippen LogP contribution in [0.25, 0.3) is 28.0 Å². The number of aryl methyl sites for hydroxylation is 1. The van der Waals surface area contributed by atoms with Crippen LogP contribution in [0, 0.1) is 35.7 Å². The molecule has 1 atom stereocenters. The van der Waals surface area contributed by atoms with Crippen LogP contribution in [-0.2, 0) is 4.79 Å². The average molecular weight is 636 g/mol. The van der Waals surface area contributed by atoms with E-state index in [4.69, 9.17) is 17.3 Å². The van der Waals surface area contributed by atoms with Crippen molar-refractivity contribution in [3.05, 3.63) is 86.7 Å². The Bertz CT molecular complexity index is 2000. The molecule has 2 N–H and O–H groups in total. The third-order valence-corrected chi connectivity index (χ3v) is 8.26. The highest BCUT2D eigenvalue weighted by atomic mass is 35.5. The number of hydrogen-bond donors (Lipinski definition) is 1. The molecule has 1 fully saturated rings. The molecule has 0 unspecified atom stereocenters. The lowest BCUT2D eigenvalue weighted by atomic mass is 10.0. The van der Waals surface area contributed by atoms with E-state index in [-0.39, 0.29) is 76.1 Å². The Morgan fingerprint density at radius 3 is 2.56 bits per heavy atom. The van der Waals surface area contributed by atoms with Gasteiger partial charge in [0.05, 0.1) is 33.5 Å². The fourth-order valence-corrected chi connectivity index (χ4v) is 6.04. The zero-order valence-corrected chi connectivity index (χ0v) is 25.7. The summed E-state index contributed by atoms with van der Waals surface area (Å²) in [5.41, 5.74) is 5.54. The second-order valence-corrected chi connectivity index (χ2v) is 11.6. The molecule has 13 heteroatoms. The molecule has 0 spiro atoms. The third kappa shape index (κ3) is 5.17. The first-order valence-electron chi connectivity index (χ1n) is 14.1. The minimum absolute atomic E-state index is 0.00759. The van der Waals surface area contributed by atoms with Crippen molar-refractivity contribution in [1.82, 2.24) is 19.4 Å². The number of nitrogen functional groups attached to an aromatic ring is 1. The highest BCUT2D eigenvalue weighted by Gasteiger charge is 2.32. The van der Waals surface area contributed by atoms with Gasteiger partial charge in [-0.05, 0) is 49.6 Å². The molecule has 1 aliphatic heterocycles. The Hall–Kier alpha value is -4.89. The summed E-state index contributed by atoms with van der Waals surface area (Å²) in [4.78, 5) is 39.4. The summed E-state index contributed by atoms with van der Waals surface area (Å²) in [6.07, 6.45) is 2.83. The van der Waals surface area contributed by atoms with Gasteiger partial charge in [-0.1, -0.05) is 32.0 Å². The number of nitriles is 1. The summed E-state index contributed by atoms with van der Waals surface area (Å²) in [5.74, 6) is -5.26. The van der Waals surface area contributed by atoms with Gasteiger partial charge in [0.15, 0.2) is 17.5 Å². The predicted molar refractivity (Wildman–Crippen MR) is 167 cm³/mol. The Kier molecular flexibility index (Phi) is 8.33. The molecule has 1 saturated heterocycles. The van der Waals surface area contributed by atoms with Gasteiger partial charge in [0.2, 0.25) is 5.91 Å². The van der Waals surface area contributed by atoms with Crippen molar-refractivity contribution in [3.63, 3.8) is 0 Å². The number of anilines is 2. The van der Waals surface area contributed by atoms with Gasteiger partial charge in [0.1, 0.15) is 17.3 Å². The molecule has 0 aliphatic carbocycles. The molecule has 1 aliphatic rings. The van der Waals surface area contributed by atoms with Crippen molar-refractivity contribution in [1.29, 1.82) is 5.26 Å². The molecule has 45 heavy (non-hydrogen) atoms. The number of rotatable bonds is 5. The van der Waals surface area contributed by atoms with Crippen molar-refractivity contribution in [2.24, 2.45) is 0 Å². The number of fused-ring (bicyclic) bond motifs is 1. The van der Waals surface area contributed by atoms with Crippen molar-refractivity contribution in [2.75, 3.05) is 30.3 Å². The Morgan fingerprint density at radius 1 is 1.22 bits per heavy atom. The summed E-state index contributed by atoms with van der Waals surface area (Å²) in [6.45, 7) is 11.8. The van der Waals surface area contributed by atoms with E-state index in [0.717, 1.165) is 0 Å². The fourth-order valence-electron chi connectivity index (χ4n) is 5.79. The van der Waals surface area contributed by atoms with Crippen LogP contribution in [0.4, 0.5) is 24.5 Å². The normalized spacial score (nSPS) is 15.1. The van der Waals surface area contributed by atoms with E-state index in [1.54, 1.807) is 24.1 Å². The number of pyridine rings is 3. The number of hydrogen-bond acceptors (Lipinski definition) is 7. The number of aromatic nitrogens is 3. The highest BCUT2D eigenvalue weighted by Crippen LogP contribution is 2.40. The lowest BCUT2D eigenvalue weighted by Gasteiger charge is -2.41. The molecular weight excluding hydrogens is 607 g/mol. The summed E-state index contributed by atoms with van der Waals surface area (Å²) in [5, 5.41) is 10.6. The van der Waals surface area contributed by atoms with Crippen LogP contribution >= 0.6 is 11.6 Å².